The Bertz CT molecular complexity index is 888. The molecule has 5 heteroatoms. The van der Waals surface area contributed by atoms with Crippen LogP contribution in [0.1, 0.15) is 19.4 Å². The van der Waals surface area contributed by atoms with E-state index in [1.807, 2.05) is 56.1 Å². The van der Waals surface area contributed by atoms with Crippen LogP contribution in [0.15, 0.2) is 40.7 Å². The number of likely N-dealkylation sites (N-methyl/N-ethyl adjacent to an activating group) is 1. The fraction of sp³-hybridized carbons (Fsp3) is 0.278. The first-order chi connectivity index (χ1) is 11.1. The number of benzene rings is 1. The van der Waals surface area contributed by atoms with Crippen molar-refractivity contribution in [2.75, 3.05) is 18.5 Å². The van der Waals surface area contributed by atoms with E-state index < -0.39 is 0 Å². The minimum absolute atomic E-state index is 0.110. The molecule has 0 N–H and O–H groups in total. The van der Waals surface area contributed by atoms with Crippen molar-refractivity contribution in [3.05, 3.63) is 51.8 Å². The van der Waals surface area contributed by atoms with E-state index in [1.165, 1.54) is 4.68 Å². The van der Waals surface area contributed by atoms with Crippen molar-refractivity contribution < 1.29 is 0 Å². The number of hydrogen-bond acceptors (Lipinski definition) is 4. The molecule has 2 heterocycles. The molecule has 1 aromatic heterocycles. The second kappa shape index (κ2) is 5.73. The van der Waals surface area contributed by atoms with Gasteiger partial charge in [0.1, 0.15) is 11.4 Å². The van der Waals surface area contributed by atoms with Crippen molar-refractivity contribution >= 4 is 11.3 Å². The second-order valence-corrected chi connectivity index (χ2v) is 5.63. The summed E-state index contributed by atoms with van der Waals surface area (Å²) in [5, 5.41) is 14.0. The van der Waals surface area contributed by atoms with Gasteiger partial charge in [-0.1, -0.05) is 30.3 Å². The molecule has 0 bridgehead atoms. The minimum Gasteiger partial charge on any atom is -0.364 e. The molecule has 0 radical (unpaired) electrons. The van der Waals surface area contributed by atoms with Crippen molar-refractivity contribution in [1.29, 1.82) is 5.26 Å². The van der Waals surface area contributed by atoms with Crippen LogP contribution in [-0.4, -0.2) is 23.4 Å². The normalized spacial score (nSPS) is 13.7. The van der Waals surface area contributed by atoms with Crippen molar-refractivity contribution in [1.82, 2.24) is 9.78 Å². The standard InChI is InChI=1S/C18H18N4O/c1-4-22-18(23)17-15(12(2)14(10-19)11-21(17)3)16(20-22)13-8-6-5-7-9-13/h5-9H,4,11H2,1-3H3. The summed E-state index contributed by atoms with van der Waals surface area (Å²) in [5.74, 6) is 0. The molecule has 0 aliphatic carbocycles. The topological polar surface area (TPSA) is 61.9 Å². The monoisotopic (exact) mass is 306 g/mol. The Morgan fingerprint density at radius 1 is 1.30 bits per heavy atom. The molecule has 0 saturated heterocycles. The molecular weight excluding hydrogens is 288 g/mol. The Hall–Kier alpha value is -2.87. The van der Waals surface area contributed by atoms with Gasteiger partial charge in [-0.05, 0) is 19.4 Å². The van der Waals surface area contributed by atoms with Gasteiger partial charge in [0.05, 0.1) is 18.2 Å². The molecule has 3 rings (SSSR count). The van der Waals surface area contributed by atoms with E-state index in [2.05, 4.69) is 11.2 Å². The van der Waals surface area contributed by atoms with E-state index in [0.717, 1.165) is 22.4 Å². The van der Waals surface area contributed by atoms with Crippen LogP contribution in [0.25, 0.3) is 16.8 Å². The Balaban J connectivity index is 2.44. The molecule has 0 spiro atoms. The van der Waals surface area contributed by atoms with E-state index in [9.17, 15) is 10.1 Å². The average Bonchev–Trinajstić information content (AvgIpc) is 2.58. The van der Waals surface area contributed by atoms with Gasteiger partial charge in [-0.15, -0.1) is 0 Å². The maximum Gasteiger partial charge on any atom is 0.290 e. The van der Waals surface area contributed by atoms with Crippen LogP contribution in [0.4, 0.5) is 5.69 Å². The third-order valence-corrected chi connectivity index (χ3v) is 4.22. The zero-order chi connectivity index (χ0) is 16.6. The van der Waals surface area contributed by atoms with Crippen molar-refractivity contribution in [2.45, 2.75) is 20.4 Å². The highest BCUT2D eigenvalue weighted by atomic mass is 16.1. The quantitative estimate of drug-likeness (QED) is 0.856. The number of hydrogen-bond donors (Lipinski definition) is 0. The predicted molar refractivity (Wildman–Crippen MR) is 91.1 cm³/mol. The summed E-state index contributed by atoms with van der Waals surface area (Å²) in [5.41, 5.74) is 4.49. The molecule has 0 unspecified atom stereocenters. The average molecular weight is 306 g/mol. The van der Waals surface area contributed by atoms with Gasteiger partial charge < -0.3 is 4.90 Å². The molecule has 0 fully saturated rings. The van der Waals surface area contributed by atoms with E-state index in [0.29, 0.717) is 24.4 Å². The Morgan fingerprint density at radius 3 is 2.61 bits per heavy atom. The summed E-state index contributed by atoms with van der Waals surface area (Å²) < 4.78 is 1.49. The number of aromatic nitrogens is 2. The van der Waals surface area contributed by atoms with Crippen LogP contribution in [-0.2, 0) is 6.54 Å². The lowest BCUT2D eigenvalue weighted by molar-refractivity contribution is 0.615. The minimum atomic E-state index is -0.110. The van der Waals surface area contributed by atoms with Crippen molar-refractivity contribution in [3.63, 3.8) is 0 Å². The van der Waals surface area contributed by atoms with Gasteiger partial charge in [-0.25, -0.2) is 4.68 Å². The first kappa shape index (κ1) is 15.0. The number of allylic oxidation sites excluding steroid dienone is 1. The lowest BCUT2D eigenvalue weighted by atomic mass is 9.92. The van der Waals surface area contributed by atoms with Gasteiger partial charge >= 0.3 is 0 Å². The fourth-order valence-electron chi connectivity index (χ4n) is 2.98. The second-order valence-electron chi connectivity index (χ2n) is 5.63. The highest BCUT2D eigenvalue weighted by Crippen LogP contribution is 2.37. The van der Waals surface area contributed by atoms with Crippen LogP contribution in [0, 0.1) is 11.3 Å². The van der Waals surface area contributed by atoms with Crippen LogP contribution >= 0.6 is 0 Å². The molecule has 0 atom stereocenters. The largest absolute Gasteiger partial charge is 0.364 e. The van der Waals surface area contributed by atoms with Gasteiger partial charge in [-0.2, -0.15) is 10.4 Å². The van der Waals surface area contributed by atoms with E-state index >= 15 is 0 Å². The smallest absolute Gasteiger partial charge is 0.290 e. The predicted octanol–water partition coefficient (Wildman–Crippen LogP) is 2.68. The van der Waals surface area contributed by atoms with Gasteiger partial charge in [0.2, 0.25) is 0 Å². The highest BCUT2D eigenvalue weighted by Gasteiger charge is 2.28. The van der Waals surface area contributed by atoms with E-state index in [1.54, 1.807) is 0 Å². The maximum absolute atomic E-state index is 12.7. The van der Waals surface area contributed by atoms with E-state index in [-0.39, 0.29) is 5.56 Å². The summed E-state index contributed by atoms with van der Waals surface area (Å²) >= 11 is 0. The third-order valence-electron chi connectivity index (χ3n) is 4.22. The molecule has 1 aliphatic heterocycles. The molecule has 1 aliphatic rings. The molecule has 23 heavy (non-hydrogen) atoms. The molecule has 0 saturated carbocycles. The lowest BCUT2D eigenvalue weighted by Gasteiger charge is -2.29. The van der Waals surface area contributed by atoms with E-state index in [4.69, 9.17) is 0 Å². The Morgan fingerprint density at radius 2 is 2.00 bits per heavy atom. The number of nitrogens with zero attached hydrogens (tertiary/aromatic N) is 4. The molecule has 116 valence electrons. The van der Waals surface area contributed by atoms with Gasteiger partial charge in [0.15, 0.2) is 0 Å². The van der Waals surface area contributed by atoms with Crippen LogP contribution in [0.5, 0.6) is 0 Å². The first-order valence-corrected chi connectivity index (χ1v) is 7.60. The van der Waals surface area contributed by atoms with Crippen LogP contribution in [0.3, 0.4) is 0 Å². The summed E-state index contributed by atoms with van der Waals surface area (Å²) in [4.78, 5) is 14.6. The zero-order valence-corrected chi connectivity index (χ0v) is 13.5. The fourth-order valence-corrected chi connectivity index (χ4v) is 2.98. The van der Waals surface area contributed by atoms with Gasteiger partial charge in [-0.3, -0.25) is 4.79 Å². The number of rotatable bonds is 2. The Kier molecular flexibility index (Phi) is 3.75. The molecular formula is C18H18N4O. The third kappa shape index (κ3) is 2.33. The van der Waals surface area contributed by atoms with Crippen LogP contribution in [0.2, 0.25) is 0 Å². The first-order valence-electron chi connectivity index (χ1n) is 7.60. The molecule has 5 nitrogen and oxygen atoms in total. The number of aryl methyl sites for hydroxylation is 1. The SMILES string of the molecule is CCn1nc(-c2ccccc2)c2c(c1=O)N(C)CC(C#N)=C2C. The summed E-state index contributed by atoms with van der Waals surface area (Å²) in [6.07, 6.45) is 0. The Labute approximate surface area is 135 Å². The zero-order valence-electron chi connectivity index (χ0n) is 13.5. The molecule has 1 aromatic carbocycles. The van der Waals surface area contributed by atoms with Crippen molar-refractivity contribution in [3.8, 4) is 17.3 Å². The van der Waals surface area contributed by atoms with Crippen LogP contribution < -0.4 is 10.5 Å². The molecule has 0 amide bonds. The molecule has 2 aromatic rings. The number of nitriles is 1. The lowest BCUT2D eigenvalue weighted by Crippen LogP contribution is -2.36. The summed E-state index contributed by atoms with van der Waals surface area (Å²) in [6, 6.07) is 12.0. The van der Waals surface area contributed by atoms with Gasteiger partial charge in [0, 0.05) is 24.7 Å². The van der Waals surface area contributed by atoms with Crippen molar-refractivity contribution in [2.24, 2.45) is 0 Å². The summed E-state index contributed by atoms with van der Waals surface area (Å²) in [7, 11) is 1.85. The number of anilines is 1. The number of fused-ring (bicyclic) bond motifs is 1. The maximum atomic E-state index is 12.7. The highest BCUT2D eigenvalue weighted by molar-refractivity contribution is 5.90. The summed E-state index contributed by atoms with van der Waals surface area (Å²) in [6.45, 7) is 4.76. The van der Waals surface area contributed by atoms with Gasteiger partial charge in [0.25, 0.3) is 5.56 Å².